The number of nitrogens with one attached hydrogen (secondary N) is 1. The van der Waals surface area contributed by atoms with Crippen LogP contribution in [0, 0.1) is 5.92 Å². The molecule has 2 atom stereocenters. The van der Waals surface area contributed by atoms with E-state index in [1.807, 2.05) is 0 Å². The van der Waals surface area contributed by atoms with Crippen LogP contribution in [0.3, 0.4) is 0 Å². The summed E-state index contributed by atoms with van der Waals surface area (Å²) in [5.41, 5.74) is 0.353. The Morgan fingerprint density at radius 2 is 1.78 bits per heavy atom. The van der Waals surface area contributed by atoms with Gasteiger partial charge < -0.3 is 20.6 Å². The molecule has 4 bridgehead atoms. The fourth-order valence-electron chi connectivity index (χ4n) is 3.90. The molecular formula is C19H21F6N5O2. The Morgan fingerprint density at radius 1 is 1.06 bits per heavy atom. The Labute approximate surface area is 178 Å². The minimum absolute atomic E-state index is 0.00456. The third-order valence-electron chi connectivity index (χ3n) is 5.87. The van der Waals surface area contributed by atoms with Gasteiger partial charge in [0.25, 0.3) is 11.8 Å². The van der Waals surface area contributed by atoms with Crippen molar-refractivity contribution >= 4 is 11.5 Å². The molecule has 7 nitrogen and oxygen atoms in total. The third-order valence-corrected chi connectivity index (χ3v) is 5.87. The maximum Gasteiger partial charge on any atom is 0.426 e. The molecule has 1 aliphatic heterocycles. The maximum atomic E-state index is 13.7. The fourth-order valence-corrected chi connectivity index (χ4v) is 3.90. The first-order valence-corrected chi connectivity index (χ1v) is 10.2. The highest BCUT2D eigenvalue weighted by molar-refractivity contribution is 5.71. The molecule has 0 saturated heterocycles. The second kappa shape index (κ2) is 7.78. The van der Waals surface area contributed by atoms with Crippen LogP contribution in [-0.4, -0.2) is 32.5 Å². The number of fused-ring (bicyclic) bond motifs is 5. The predicted molar refractivity (Wildman–Crippen MR) is 100 cm³/mol. The van der Waals surface area contributed by atoms with Crippen molar-refractivity contribution < 1.29 is 35.9 Å². The van der Waals surface area contributed by atoms with Gasteiger partial charge in [-0.3, -0.25) is 0 Å². The Balaban J connectivity index is 1.84. The van der Waals surface area contributed by atoms with E-state index >= 15 is 0 Å². The van der Waals surface area contributed by atoms with Crippen molar-refractivity contribution in [3.05, 3.63) is 17.5 Å². The van der Waals surface area contributed by atoms with E-state index in [1.165, 1.54) is 0 Å². The van der Waals surface area contributed by atoms with Crippen LogP contribution in [0.15, 0.2) is 10.5 Å². The maximum absolute atomic E-state index is 13.7. The lowest BCUT2D eigenvalue weighted by molar-refractivity contribution is -0.277. The molecule has 0 radical (unpaired) electrons. The van der Waals surface area contributed by atoms with Crippen LogP contribution in [0.5, 0.6) is 0 Å². The van der Waals surface area contributed by atoms with Gasteiger partial charge in [-0.2, -0.15) is 26.3 Å². The zero-order valence-corrected chi connectivity index (χ0v) is 16.7. The summed E-state index contributed by atoms with van der Waals surface area (Å²) < 4.78 is 87.0. The van der Waals surface area contributed by atoms with E-state index in [9.17, 15) is 31.4 Å². The highest BCUT2D eigenvalue weighted by Crippen LogP contribution is 2.45. The van der Waals surface area contributed by atoms with Crippen molar-refractivity contribution in [2.45, 2.75) is 68.9 Å². The van der Waals surface area contributed by atoms with E-state index in [2.05, 4.69) is 20.5 Å². The summed E-state index contributed by atoms with van der Waals surface area (Å²) in [4.78, 5) is 3.93. The van der Waals surface area contributed by atoms with E-state index in [1.54, 1.807) is 0 Å². The largest absolute Gasteiger partial charge is 0.426 e. The first-order valence-electron chi connectivity index (χ1n) is 10.2. The number of nitrogen functional groups attached to an aromatic ring is 1. The monoisotopic (exact) mass is 465 g/mol. The molecule has 176 valence electrons. The van der Waals surface area contributed by atoms with E-state index in [0.29, 0.717) is 25.3 Å². The van der Waals surface area contributed by atoms with Crippen molar-refractivity contribution in [3.63, 3.8) is 0 Å². The highest BCUT2D eigenvalue weighted by Gasteiger charge is 2.58. The molecule has 4 N–H and O–H groups in total. The van der Waals surface area contributed by atoms with Crippen molar-refractivity contribution in [2.24, 2.45) is 5.92 Å². The Kier molecular flexibility index (Phi) is 5.50. The van der Waals surface area contributed by atoms with Crippen LogP contribution in [-0.2, 0) is 11.8 Å². The average Bonchev–Trinajstić information content (AvgIpc) is 3.41. The van der Waals surface area contributed by atoms with Gasteiger partial charge in [-0.25, -0.2) is 4.98 Å². The molecule has 0 aromatic carbocycles. The van der Waals surface area contributed by atoms with Crippen LogP contribution in [0.4, 0.5) is 37.8 Å². The van der Waals surface area contributed by atoms with Gasteiger partial charge >= 0.3 is 12.4 Å². The van der Waals surface area contributed by atoms with Gasteiger partial charge in [0.15, 0.2) is 5.69 Å². The van der Waals surface area contributed by atoms with Crippen molar-refractivity contribution in [3.8, 4) is 11.6 Å². The van der Waals surface area contributed by atoms with E-state index in [4.69, 9.17) is 10.2 Å². The van der Waals surface area contributed by atoms with Crippen LogP contribution in [0.25, 0.3) is 11.6 Å². The molecule has 2 aromatic heterocycles. The minimum atomic E-state index is -5.10. The number of alkyl halides is 6. The summed E-state index contributed by atoms with van der Waals surface area (Å²) >= 11 is 0. The Morgan fingerprint density at radius 3 is 2.41 bits per heavy atom. The summed E-state index contributed by atoms with van der Waals surface area (Å²) in [6, 6.07) is 0.308. The summed E-state index contributed by atoms with van der Waals surface area (Å²) in [6.45, 7) is 0. The predicted octanol–water partition coefficient (Wildman–Crippen LogP) is 4.64. The SMILES string of the molecule is Nc1cc(C(F)(F)F)c2nc1-c1nnc(o1)[C@@](O)(C(F)(F)F)CCCCCC(C1CC1)N2. The topological polar surface area (TPSA) is 110 Å². The second-order valence-electron chi connectivity index (χ2n) is 8.28. The lowest BCUT2D eigenvalue weighted by Gasteiger charge is -2.27. The third kappa shape index (κ3) is 4.21. The standard InChI is InChI=1S/C19H21F6N5O2/c20-18(21,22)10-8-11(26)13-15-29-30-16(32-15)17(31,19(23,24)25)7-3-1-2-4-12(9-5-6-9)27-14(10)28-13/h8-9,12,31H,1-7,26H2,(H,27,28)/t12?,17-/m1/s1. The number of anilines is 2. The zero-order chi connectivity index (χ0) is 23.3. The van der Waals surface area contributed by atoms with Gasteiger partial charge in [0, 0.05) is 6.04 Å². The Hall–Kier alpha value is -2.57. The summed E-state index contributed by atoms with van der Waals surface area (Å²) in [5, 5.41) is 20.1. The number of halogens is 6. The van der Waals surface area contributed by atoms with Crippen LogP contribution >= 0.6 is 0 Å². The number of hydrogen-bond acceptors (Lipinski definition) is 7. The lowest BCUT2D eigenvalue weighted by Crippen LogP contribution is -2.42. The molecule has 0 amide bonds. The van der Waals surface area contributed by atoms with E-state index in [0.717, 1.165) is 12.8 Å². The number of nitrogens with two attached hydrogens (primary N) is 1. The number of aromatic nitrogens is 3. The van der Waals surface area contributed by atoms with Gasteiger partial charge in [-0.05, 0) is 44.1 Å². The molecule has 3 heterocycles. The van der Waals surface area contributed by atoms with Crippen LogP contribution in [0.2, 0.25) is 0 Å². The number of nitrogens with zero attached hydrogens (tertiary/aromatic N) is 3. The van der Waals surface area contributed by atoms with Crippen LogP contribution < -0.4 is 11.1 Å². The first-order chi connectivity index (χ1) is 14.9. The van der Waals surface area contributed by atoms with E-state index in [-0.39, 0.29) is 18.4 Å². The highest BCUT2D eigenvalue weighted by atomic mass is 19.4. The second-order valence-corrected chi connectivity index (χ2v) is 8.28. The first kappa shape index (κ1) is 22.6. The minimum Gasteiger partial charge on any atom is -0.416 e. The molecule has 1 aliphatic carbocycles. The van der Waals surface area contributed by atoms with Gasteiger partial charge in [0.05, 0.1) is 11.3 Å². The summed E-state index contributed by atoms with van der Waals surface area (Å²) in [5.74, 6) is -2.07. The summed E-state index contributed by atoms with van der Waals surface area (Å²) in [6.07, 6.45) is -7.65. The lowest BCUT2D eigenvalue weighted by atomic mass is 9.94. The Bertz CT molecular complexity index is 988. The number of pyridine rings is 1. The molecule has 0 spiro atoms. The van der Waals surface area contributed by atoms with Gasteiger partial charge in [-0.15, -0.1) is 10.2 Å². The smallest absolute Gasteiger partial charge is 0.416 e. The molecule has 1 fully saturated rings. The molecule has 1 saturated carbocycles. The quantitative estimate of drug-likeness (QED) is 0.527. The normalized spacial score (nSPS) is 25.2. The van der Waals surface area contributed by atoms with Crippen LogP contribution in [0.1, 0.15) is 56.4 Å². The van der Waals surface area contributed by atoms with Gasteiger partial charge in [0.2, 0.25) is 5.60 Å². The fraction of sp³-hybridized carbons (Fsp3) is 0.632. The molecule has 2 aliphatic rings. The molecule has 13 heteroatoms. The number of rotatable bonds is 1. The molecule has 1 unspecified atom stereocenters. The number of hydrogen-bond donors (Lipinski definition) is 3. The molecule has 2 aromatic rings. The number of aliphatic hydroxyl groups is 1. The molecular weight excluding hydrogens is 444 g/mol. The molecule has 32 heavy (non-hydrogen) atoms. The van der Waals surface area contributed by atoms with Crippen molar-refractivity contribution in [1.29, 1.82) is 0 Å². The van der Waals surface area contributed by atoms with Crippen molar-refractivity contribution in [2.75, 3.05) is 11.1 Å². The zero-order valence-electron chi connectivity index (χ0n) is 16.7. The van der Waals surface area contributed by atoms with Crippen molar-refractivity contribution in [1.82, 2.24) is 15.2 Å². The van der Waals surface area contributed by atoms with Gasteiger partial charge in [-0.1, -0.05) is 12.8 Å². The van der Waals surface area contributed by atoms with E-state index < -0.39 is 58.9 Å². The summed E-state index contributed by atoms with van der Waals surface area (Å²) in [7, 11) is 0. The molecule has 4 rings (SSSR count). The average molecular weight is 465 g/mol. The van der Waals surface area contributed by atoms with Gasteiger partial charge in [0.1, 0.15) is 5.82 Å².